The van der Waals surface area contributed by atoms with Crippen LogP contribution in [0.3, 0.4) is 0 Å². The van der Waals surface area contributed by atoms with E-state index in [1.54, 1.807) is 20.8 Å². The monoisotopic (exact) mass is 297 g/mol. The highest BCUT2D eigenvalue weighted by molar-refractivity contribution is 5.80. The molecule has 1 amide bonds. The molecule has 0 unspecified atom stereocenters. The van der Waals surface area contributed by atoms with Gasteiger partial charge >= 0.3 is 12.1 Å². The zero-order chi connectivity index (χ0) is 16.3. The predicted octanol–water partition coefficient (Wildman–Crippen LogP) is 3.35. The summed E-state index contributed by atoms with van der Waals surface area (Å²) < 4.78 is 5.43. The first-order chi connectivity index (χ1) is 9.60. The molecule has 1 rings (SSSR count). The van der Waals surface area contributed by atoms with Crippen molar-refractivity contribution in [3.63, 3.8) is 0 Å². The molecule has 0 radical (unpaired) electrons. The first-order valence-electron chi connectivity index (χ1n) is 7.43. The Bertz CT molecular complexity index is 413. The quantitative estimate of drug-likeness (QED) is 0.558. The Kier molecular flexibility index (Phi) is 5.42. The van der Waals surface area contributed by atoms with Crippen molar-refractivity contribution in [3.8, 4) is 0 Å². The molecule has 0 aromatic heterocycles. The highest BCUT2D eigenvalue weighted by Gasteiger charge is 2.53. The minimum absolute atomic E-state index is 0.362. The third kappa shape index (κ3) is 5.06. The van der Waals surface area contributed by atoms with Gasteiger partial charge in [0.05, 0.1) is 0 Å². The number of nitrogens with one attached hydrogen (secondary N) is 1. The molecule has 0 spiro atoms. The van der Waals surface area contributed by atoms with Gasteiger partial charge in [0.1, 0.15) is 11.6 Å². The molecule has 120 valence electrons. The summed E-state index contributed by atoms with van der Waals surface area (Å²) >= 11 is 0. The van der Waals surface area contributed by atoms with Crippen LogP contribution in [0.1, 0.15) is 53.4 Å². The standard InChI is InChI=1S/C16H27NO4/c1-6-7-8-9-11-10-16(11,5)21-14(20)17-12(13(18)19)15(2,3)4/h6,11-12H,1,7-10H2,2-5H3,(H,17,20)(H,18,19)/t11-,12-,16-/m1/s1. The van der Waals surface area contributed by atoms with Gasteiger partial charge in [-0.05, 0) is 38.0 Å². The van der Waals surface area contributed by atoms with Crippen molar-refractivity contribution in [1.29, 1.82) is 0 Å². The molecule has 0 aromatic carbocycles. The van der Waals surface area contributed by atoms with Gasteiger partial charge in [0, 0.05) is 5.92 Å². The van der Waals surface area contributed by atoms with Gasteiger partial charge in [0.25, 0.3) is 0 Å². The smallest absolute Gasteiger partial charge is 0.408 e. The maximum atomic E-state index is 11.9. The Morgan fingerprint density at radius 1 is 1.52 bits per heavy atom. The van der Waals surface area contributed by atoms with E-state index in [-0.39, 0.29) is 0 Å². The van der Waals surface area contributed by atoms with Crippen LogP contribution in [0, 0.1) is 11.3 Å². The summed E-state index contributed by atoms with van der Waals surface area (Å²) in [5.41, 5.74) is -1.02. The second kappa shape index (κ2) is 6.50. The van der Waals surface area contributed by atoms with Crippen molar-refractivity contribution < 1.29 is 19.4 Å². The maximum Gasteiger partial charge on any atom is 0.408 e. The summed E-state index contributed by atoms with van der Waals surface area (Å²) in [4.78, 5) is 23.1. The van der Waals surface area contributed by atoms with E-state index in [1.807, 2.05) is 13.0 Å². The van der Waals surface area contributed by atoms with E-state index in [0.717, 1.165) is 25.7 Å². The van der Waals surface area contributed by atoms with Gasteiger partial charge in [-0.1, -0.05) is 26.8 Å². The van der Waals surface area contributed by atoms with Crippen molar-refractivity contribution in [2.75, 3.05) is 0 Å². The number of ether oxygens (including phenoxy) is 1. The van der Waals surface area contributed by atoms with E-state index in [2.05, 4.69) is 11.9 Å². The Morgan fingerprint density at radius 2 is 2.14 bits per heavy atom. The van der Waals surface area contributed by atoms with Gasteiger partial charge < -0.3 is 15.2 Å². The first-order valence-corrected chi connectivity index (χ1v) is 7.43. The van der Waals surface area contributed by atoms with E-state index >= 15 is 0 Å². The zero-order valence-electron chi connectivity index (χ0n) is 13.4. The topological polar surface area (TPSA) is 75.6 Å². The predicted molar refractivity (Wildman–Crippen MR) is 81.1 cm³/mol. The molecule has 0 aromatic rings. The summed E-state index contributed by atoms with van der Waals surface area (Å²) in [6.45, 7) is 10.9. The molecular formula is C16H27NO4. The zero-order valence-corrected chi connectivity index (χ0v) is 13.4. The molecule has 21 heavy (non-hydrogen) atoms. The molecule has 0 saturated heterocycles. The summed E-state index contributed by atoms with van der Waals surface area (Å²) in [7, 11) is 0. The molecule has 1 fully saturated rings. The SMILES string of the molecule is C=CCCC[C@@H]1C[C@@]1(C)OC(=O)N[C@H](C(=O)O)C(C)(C)C. The highest BCUT2D eigenvalue weighted by atomic mass is 16.6. The maximum absolute atomic E-state index is 11.9. The van der Waals surface area contributed by atoms with Crippen LogP contribution in [-0.2, 0) is 9.53 Å². The molecule has 0 bridgehead atoms. The average molecular weight is 297 g/mol. The number of carbonyl (C=O) groups excluding carboxylic acids is 1. The van der Waals surface area contributed by atoms with Crippen LogP contribution in [0.2, 0.25) is 0 Å². The number of amides is 1. The van der Waals surface area contributed by atoms with Gasteiger partial charge in [-0.15, -0.1) is 6.58 Å². The lowest BCUT2D eigenvalue weighted by Crippen LogP contribution is -2.50. The van der Waals surface area contributed by atoms with E-state index in [4.69, 9.17) is 4.74 Å². The fraction of sp³-hybridized carbons (Fsp3) is 0.750. The molecular weight excluding hydrogens is 270 g/mol. The van der Waals surface area contributed by atoms with E-state index in [0.29, 0.717) is 5.92 Å². The summed E-state index contributed by atoms with van der Waals surface area (Å²) in [6.07, 6.45) is 5.07. The second-order valence-corrected chi connectivity index (χ2v) is 7.10. The number of unbranched alkanes of at least 4 members (excludes halogenated alkanes) is 1. The van der Waals surface area contributed by atoms with Gasteiger partial charge in [0.15, 0.2) is 0 Å². The minimum Gasteiger partial charge on any atom is -0.480 e. The fourth-order valence-corrected chi connectivity index (χ4v) is 2.48. The van der Waals surface area contributed by atoms with Gasteiger partial charge in [0.2, 0.25) is 0 Å². The molecule has 0 aliphatic heterocycles. The number of carboxylic acid groups (broad SMARTS) is 1. The number of aliphatic carboxylic acids is 1. The lowest BCUT2D eigenvalue weighted by molar-refractivity contribution is -0.142. The van der Waals surface area contributed by atoms with Crippen LogP contribution in [0.5, 0.6) is 0 Å². The van der Waals surface area contributed by atoms with Crippen molar-refractivity contribution in [2.24, 2.45) is 11.3 Å². The van der Waals surface area contributed by atoms with Crippen molar-refractivity contribution in [2.45, 2.75) is 65.0 Å². The molecule has 2 N–H and O–H groups in total. The number of carbonyl (C=O) groups is 2. The summed E-state index contributed by atoms with van der Waals surface area (Å²) in [5, 5.41) is 11.7. The average Bonchev–Trinajstić information content (AvgIpc) is 2.95. The number of allylic oxidation sites excluding steroid dienone is 1. The van der Waals surface area contributed by atoms with Crippen LogP contribution in [0.4, 0.5) is 4.79 Å². The highest BCUT2D eigenvalue weighted by Crippen LogP contribution is 2.49. The van der Waals surface area contributed by atoms with Crippen molar-refractivity contribution in [1.82, 2.24) is 5.32 Å². The Morgan fingerprint density at radius 3 is 2.62 bits per heavy atom. The second-order valence-electron chi connectivity index (χ2n) is 7.10. The molecule has 1 aliphatic carbocycles. The third-order valence-corrected chi connectivity index (χ3v) is 4.02. The largest absolute Gasteiger partial charge is 0.480 e. The summed E-state index contributed by atoms with van der Waals surface area (Å²) in [6, 6.07) is -0.966. The van der Waals surface area contributed by atoms with Gasteiger partial charge in [-0.3, -0.25) is 0 Å². The van der Waals surface area contributed by atoms with Gasteiger partial charge in [-0.2, -0.15) is 0 Å². The number of hydrogen-bond donors (Lipinski definition) is 2. The third-order valence-electron chi connectivity index (χ3n) is 4.02. The lowest BCUT2D eigenvalue weighted by Gasteiger charge is -2.28. The number of alkyl carbamates (subject to hydrolysis) is 1. The van der Waals surface area contributed by atoms with Crippen LogP contribution in [0.25, 0.3) is 0 Å². The molecule has 1 saturated carbocycles. The van der Waals surface area contributed by atoms with Gasteiger partial charge in [-0.25, -0.2) is 9.59 Å². The molecule has 0 heterocycles. The van der Waals surface area contributed by atoms with Crippen LogP contribution < -0.4 is 5.32 Å². The van der Waals surface area contributed by atoms with Crippen molar-refractivity contribution in [3.05, 3.63) is 12.7 Å². The fourth-order valence-electron chi connectivity index (χ4n) is 2.48. The van der Waals surface area contributed by atoms with Crippen LogP contribution >= 0.6 is 0 Å². The normalized spacial score (nSPS) is 25.8. The molecule has 3 atom stereocenters. The Labute approximate surface area is 126 Å². The Balaban J connectivity index is 2.47. The Hall–Kier alpha value is -1.52. The number of hydrogen-bond acceptors (Lipinski definition) is 3. The van der Waals surface area contributed by atoms with Crippen LogP contribution in [-0.4, -0.2) is 28.8 Å². The number of carboxylic acids is 1. The van der Waals surface area contributed by atoms with E-state index in [1.165, 1.54) is 0 Å². The van der Waals surface area contributed by atoms with E-state index < -0.39 is 29.1 Å². The van der Waals surface area contributed by atoms with Crippen LogP contribution in [0.15, 0.2) is 12.7 Å². The number of rotatable bonds is 7. The molecule has 5 heteroatoms. The lowest BCUT2D eigenvalue weighted by atomic mass is 9.87. The first kappa shape index (κ1) is 17.5. The molecule has 5 nitrogen and oxygen atoms in total. The summed E-state index contributed by atoms with van der Waals surface area (Å²) in [5.74, 6) is -0.691. The molecule has 1 aliphatic rings. The van der Waals surface area contributed by atoms with E-state index in [9.17, 15) is 14.7 Å². The van der Waals surface area contributed by atoms with Crippen molar-refractivity contribution >= 4 is 12.1 Å². The minimum atomic E-state index is -1.05.